The lowest BCUT2D eigenvalue weighted by atomic mass is 10.0. The van der Waals surface area contributed by atoms with E-state index < -0.39 is 17.0 Å². The first kappa shape index (κ1) is 14.3. The van der Waals surface area contributed by atoms with Crippen LogP contribution in [0.1, 0.15) is 35.7 Å². The van der Waals surface area contributed by atoms with Gasteiger partial charge in [-0.1, -0.05) is 19.9 Å². The van der Waals surface area contributed by atoms with Crippen LogP contribution in [0.25, 0.3) is 0 Å². The number of hydrogen-bond donors (Lipinski definition) is 2. The highest BCUT2D eigenvalue weighted by molar-refractivity contribution is 7.79. The number of nitrogens with two attached hydrogens (primary N) is 2. The van der Waals surface area contributed by atoms with E-state index >= 15 is 0 Å². The molecule has 1 atom stereocenters. The minimum atomic E-state index is -2.41. The number of carbonyl (C=O) groups excluding carboxylic acids is 1. The Morgan fingerprint density at radius 1 is 1.39 bits per heavy atom. The molecule has 1 aromatic carbocycles. The van der Waals surface area contributed by atoms with Crippen molar-refractivity contribution in [2.24, 2.45) is 16.5 Å². The standard InChI is InChI=1S/C11H15N3O3S/c1-6(2)8-4-3-7(5-9(8)18(16)17)10(15)14-11(12)13/h3-6H,1-2H3,(H,16,17)(H4,12,13,14,15)/p-1. The van der Waals surface area contributed by atoms with Gasteiger partial charge in [-0.2, -0.15) is 4.99 Å². The number of amides is 1. The molecular formula is C11H14N3O3S-. The van der Waals surface area contributed by atoms with Gasteiger partial charge in [-0.05, 0) is 34.7 Å². The Hall–Kier alpha value is -1.73. The number of guanidine groups is 1. The predicted octanol–water partition coefficient (Wildman–Crippen LogP) is 0.462. The van der Waals surface area contributed by atoms with E-state index in [1.807, 2.05) is 13.8 Å². The van der Waals surface area contributed by atoms with E-state index in [0.29, 0.717) is 5.56 Å². The lowest BCUT2D eigenvalue weighted by molar-refractivity contribution is 0.100. The molecule has 18 heavy (non-hydrogen) atoms. The quantitative estimate of drug-likeness (QED) is 0.468. The first-order valence-electron chi connectivity index (χ1n) is 5.20. The van der Waals surface area contributed by atoms with Crippen molar-refractivity contribution in [3.63, 3.8) is 0 Å². The molecule has 1 aromatic rings. The van der Waals surface area contributed by atoms with Crippen molar-refractivity contribution in [2.75, 3.05) is 0 Å². The third-order valence-electron chi connectivity index (χ3n) is 2.29. The number of aliphatic imine (C=N–C) groups is 1. The van der Waals surface area contributed by atoms with Crippen molar-refractivity contribution in [2.45, 2.75) is 24.7 Å². The molecule has 0 radical (unpaired) electrons. The molecule has 98 valence electrons. The van der Waals surface area contributed by atoms with Gasteiger partial charge in [0.15, 0.2) is 5.96 Å². The Balaban J connectivity index is 3.28. The van der Waals surface area contributed by atoms with E-state index in [9.17, 15) is 13.6 Å². The van der Waals surface area contributed by atoms with Crippen LogP contribution in [0, 0.1) is 0 Å². The fourth-order valence-corrected chi connectivity index (χ4v) is 2.19. The minimum Gasteiger partial charge on any atom is -0.768 e. The van der Waals surface area contributed by atoms with E-state index in [4.69, 9.17) is 11.5 Å². The summed E-state index contributed by atoms with van der Waals surface area (Å²) in [7, 11) is 0. The number of benzene rings is 1. The Morgan fingerprint density at radius 3 is 2.44 bits per heavy atom. The van der Waals surface area contributed by atoms with Crippen molar-refractivity contribution in [3.8, 4) is 0 Å². The third-order valence-corrected chi connectivity index (χ3v) is 3.01. The molecule has 1 unspecified atom stereocenters. The second kappa shape index (κ2) is 5.74. The van der Waals surface area contributed by atoms with Crippen LogP contribution in [0.2, 0.25) is 0 Å². The van der Waals surface area contributed by atoms with Crippen molar-refractivity contribution in [1.29, 1.82) is 0 Å². The average Bonchev–Trinajstić information content (AvgIpc) is 2.26. The summed E-state index contributed by atoms with van der Waals surface area (Å²) in [5.74, 6) is -1.00. The van der Waals surface area contributed by atoms with Gasteiger partial charge in [0, 0.05) is 10.5 Å². The lowest BCUT2D eigenvalue weighted by Gasteiger charge is -2.15. The highest BCUT2D eigenvalue weighted by Crippen LogP contribution is 2.23. The van der Waals surface area contributed by atoms with Gasteiger partial charge in [0.2, 0.25) is 0 Å². The van der Waals surface area contributed by atoms with Gasteiger partial charge in [0.1, 0.15) is 0 Å². The van der Waals surface area contributed by atoms with E-state index in [1.54, 1.807) is 6.07 Å². The Labute approximate surface area is 107 Å². The van der Waals surface area contributed by atoms with E-state index in [0.717, 1.165) is 0 Å². The molecule has 0 aromatic heterocycles. The summed E-state index contributed by atoms with van der Waals surface area (Å²) in [5.41, 5.74) is 11.0. The molecule has 0 aliphatic rings. The summed E-state index contributed by atoms with van der Waals surface area (Å²) in [6.45, 7) is 3.73. The van der Waals surface area contributed by atoms with Crippen LogP contribution in [0.4, 0.5) is 0 Å². The first-order valence-corrected chi connectivity index (χ1v) is 6.27. The maximum atomic E-state index is 11.6. The molecule has 0 saturated carbocycles. The molecule has 0 fully saturated rings. The van der Waals surface area contributed by atoms with E-state index in [-0.39, 0.29) is 22.3 Å². The van der Waals surface area contributed by atoms with Gasteiger partial charge in [0.05, 0.1) is 0 Å². The first-order chi connectivity index (χ1) is 8.32. The van der Waals surface area contributed by atoms with Crippen LogP contribution >= 0.6 is 0 Å². The Kier molecular flexibility index (Phi) is 4.57. The molecule has 0 aliphatic carbocycles. The van der Waals surface area contributed by atoms with Crippen LogP contribution in [0.5, 0.6) is 0 Å². The fraction of sp³-hybridized carbons (Fsp3) is 0.273. The second-order valence-electron chi connectivity index (χ2n) is 3.98. The second-order valence-corrected chi connectivity index (χ2v) is 4.89. The van der Waals surface area contributed by atoms with Gasteiger partial charge in [-0.3, -0.25) is 9.00 Å². The SMILES string of the molecule is CC(C)c1ccc(C(=O)N=C(N)N)cc1S(=O)[O-]. The summed E-state index contributed by atoms with van der Waals surface area (Å²) >= 11 is -2.41. The van der Waals surface area contributed by atoms with Crippen molar-refractivity contribution < 1.29 is 13.6 Å². The molecule has 4 N–H and O–H groups in total. The molecule has 0 saturated heterocycles. The van der Waals surface area contributed by atoms with E-state index in [1.165, 1.54) is 12.1 Å². The van der Waals surface area contributed by atoms with Crippen LogP contribution in [-0.2, 0) is 11.1 Å². The summed E-state index contributed by atoms with van der Waals surface area (Å²) in [6.07, 6.45) is 0. The average molecular weight is 268 g/mol. The van der Waals surface area contributed by atoms with Crippen molar-refractivity contribution in [1.82, 2.24) is 0 Å². The molecular weight excluding hydrogens is 254 g/mol. The molecule has 6 nitrogen and oxygen atoms in total. The normalized spacial score (nSPS) is 12.2. The van der Waals surface area contributed by atoms with Gasteiger partial charge in [-0.25, -0.2) is 0 Å². The molecule has 1 amide bonds. The number of hydrogen-bond acceptors (Lipinski definition) is 3. The summed E-state index contributed by atoms with van der Waals surface area (Å²) in [4.78, 5) is 15.0. The van der Waals surface area contributed by atoms with Gasteiger partial charge >= 0.3 is 0 Å². The smallest absolute Gasteiger partial charge is 0.280 e. The highest BCUT2D eigenvalue weighted by Gasteiger charge is 2.12. The maximum absolute atomic E-state index is 11.6. The number of rotatable bonds is 3. The zero-order valence-corrected chi connectivity index (χ0v) is 10.9. The van der Waals surface area contributed by atoms with Crippen molar-refractivity contribution in [3.05, 3.63) is 29.3 Å². The zero-order chi connectivity index (χ0) is 13.9. The number of carbonyl (C=O) groups is 1. The van der Waals surface area contributed by atoms with Crippen LogP contribution in [0.15, 0.2) is 28.1 Å². The Morgan fingerprint density at radius 2 is 2.00 bits per heavy atom. The van der Waals surface area contributed by atoms with Crippen LogP contribution in [0.3, 0.4) is 0 Å². The van der Waals surface area contributed by atoms with Gasteiger partial charge in [-0.15, -0.1) is 0 Å². The third kappa shape index (κ3) is 3.38. The summed E-state index contributed by atoms with van der Waals surface area (Å²) in [5, 5.41) is 0. The van der Waals surface area contributed by atoms with E-state index in [2.05, 4.69) is 4.99 Å². The maximum Gasteiger partial charge on any atom is 0.280 e. The summed E-state index contributed by atoms with van der Waals surface area (Å²) < 4.78 is 22.3. The topological polar surface area (TPSA) is 122 Å². The van der Waals surface area contributed by atoms with Crippen molar-refractivity contribution >= 4 is 22.9 Å². The minimum absolute atomic E-state index is 0.0325. The number of nitrogens with zero attached hydrogens (tertiary/aromatic N) is 1. The lowest BCUT2D eigenvalue weighted by Crippen LogP contribution is -2.24. The highest BCUT2D eigenvalue weighted by atomic mass is 32.2. The largest absolute Gasteiger partial charge is 0.768 e. The molecule has 0 heterocycles. The van der Waals surface area contributed by atoms with Gasteiger partial charge < -0.3 is 16.0 Å². The molecule has 1 rings (SSSR count). The molecule has 0 spiro atoms. The predicted molar refractivity (Wildman–Crippen MR) is 67.9 cm³/mol. The Bertz CT molecular complexity index is 522. The molecule has 0 aliphatic heterocycles. The fourth-order valence-electron chi connectivity index (χ4n) is 1.47. The van der Waals surface area contributed by atoms with Gasteiger partial charge in [0.25, 0.3) is 5.91 Å². The monoisotopic (exact) mass is 268 g/mol. The molecule has 0 bridgehead atoms. The summed E-state index contributed by atoms with van der Waals surface area (Å²) in [6, 6.07) is 4.36. The van der Waals surface area contributed by atoms with Crippen LogP contribution < -0.4 is 11.5 Å². The van der Waals surface area contributed by atoms with Crippen LogP contribution in [-0.4, -0.2) is 20.6 Å². The molecule has 7 heteroatoms. The zero-order valence-electron chi connectivity index (χ0n) is 10.0.